The summed E-state index contributed by atoms with van der Waals surface area (Å²) in [7, 11) is -1.13. The SMILES string of the molecule is CCCCNCCC[Si](OC)(OC)O[Si](CCCNCCCC)(OC)O[Si](CCCNCCCC)(OC)OC. The molecule has 0 bridgehead atoms. The molecule has 0 spiro atoms. The summed E-state index contributed by atoms with van der Waals surface area (Å²) in [5.41, 5.74) is 0. The van der Waals surface area contributed by atoms with Crippen molar-refractivity contribution in [3.63, 3.8) is 0 Å². The summed E-state index contributed by atoms with van der Waals surface area (Å²) >= 11 is 0. The zero-order valence-corrected chi connectivity index (χ0v) is 29.6. The van der Waals surface area contributed by atoms with Crippen LogP contribution in [0.4, 0.5) is 0 Å². The Balaban J connectivity index is 5.66. The Labute approximate surface area is 244 Å². The van der Waals surface area contributed by atoms with E-state index in [-0.39, 0.29) is 0 Å². The van der Waals surface area contributed by atoms with Gasteiger partial charge in [-0.2, -0.15) is 0 Å². The normalized spacial score (nSPS) is 12.9. The van der Waals surface area contributed by atoms with Crippen LogP contribution in [-0.2, 0) is 30.4 Å². The Morgan fingerprint density at radius 3 is 0.897 bits per heavy atom. The molecule has 0 fully saturated rings. The van der Waals surface area contributed by atoms with Gasteiger partial charge >= 0.3 is 26.4 Å². The van der Waals surface area contributed by atoms with E-state index in [4.69, 9.17) is 30.4 Å². The predicted octanol–water partition coefficient (Wildman–Crippen LogP) is 4.41. The molecule has 0 heterocycles. The van der Waals surface area contributed by atoms with E-state index in [2.05, 4.69) is 36.7 Å². The Morgan fingerprint density at radius 2 is 0.641 bits per heavy atom. The summed E-state index contributed by atoms with van der Waals surface area (Å²) in [6, 6.07) is 1.96. The molecule has 236 valence electrons. The van der Waals surface area contributed by atoms with Crippen molar-refractivity contribution in [2.75, 3.05) is 74.8 Å². The molecule has 0 aromatic heterocycles. The first-order chi connectivity index (χ1) is 18.9. The molecule has 0 aromatic rings. The lowest BCUT2D eigenvalue weighted by atomic mass is 10.3. The van der Waals surface area contributed by atoms with Gasteiger partial charge in [0.25, 0.3) is 0 Å². The van der Waals surface area contributed by atoms with Gasteiger partial charge in [-0.1, -0.05) is 40.0 Å². The van der Waals surface area contributed by atoms with Gasteiger partial charge in [0.15, 0.2) is 0 Å². The van der Waals surface area contributed by atoms with E-state index < -0.39 is 26.4 Å². The summed E-state index contributed by atoms with van der Waals surface area (Å²) in [5.74, 6) is 0. The van der Waals surface area contributed by atoms with Gasteiger partial charge in [-0.3, -0.25) is 0 Å². The van der Waals surface area contributed by atoms with Crippen LogP contribution < -0.4 is 16.0 Å². The maximum Gasteiger partial charge on any atom is 0.493 e. The molecule has 0 saturated carbocycles. The minimum absolute atomic E-state index is 0.620. The topological polar surface area (TPSA) is 101 Å². The third kappa shape index (κ3) is 17.1. The van der Waals surface area contributed by atoms with Gasteiger partial charge in [0.2, 0.25) is 0 Å². The molecule has 0 radical (unpaired) electrons. The van der Waals surface area contributed by atoms with Crippen molar-refractivity contribution in [3.05, 3.63) is 0 Å². The van der Waals surface area contributed by atoms with Crippen LogP contribution in [0.5, 0.6) is 0 Å². The Hall–Kier alpha value is 0.251. The Morgan fingerprint density at radius 1 is 0.385 bits per heavy atom. The van der Waals surface area contributed by atoms with Crippen molar-refractivity contribution < 1.29 is 30.4 Å². The molecule has 0 rings (SSSR count). The zero-order chi connectivity index (χ0) is 29.3. The first kappa shape index (κ1) is 39.3. The minimum atomic E-state index is -3.31. The fourth-order valence-corrected chi connectivity index (χ4v) is 15.3. The highest BCUT2D eigenvalue weighted by Gasteiger charge is 2.57. The molecular formula is C26H63N3O7Si3. The smallest absolute Gasteiger partial charge is 0.378 e. The van der Waals surface area contributed by atoms with Gasteiger partial charge in [0, 0.05) is 53.7 Å². The molecule has 0 atom stereocenters. The largest absolute Gasteiger partial charge is 0.493 e. The minimum Gasteiger partial charge on any atom is -0.378 e. The fraction of sp³-hybridized carbons (Fsp3) is 1.00. The summed E-state index contributed by atoms with van der Waals surface area (Å²) in [6.45, 7) is 12.2. The molecule has 3 N–H and O–H groups in total. The van der Waals surface area contributed by atoms with E-state index in [1.54, 1.807) is 35.5 Å². The first-order valence-corrected chi connectivity index (χ1v) is 21.0. The van der Waals surface area contributed by atoms with E-state index in [1.807, 2.05) is 0 Å². The molecule has 0 aliphatic carbocycles. The number of hydrogen-bond donors (Lipinski definition) is 3. The van der Waals surface area contributed by atoms with Crippen LogP contribution in [0, 0.1) is 0 Å². The lowest BCUT2D eigenvalue weighted by Crippen LogP contribution is -2.63. The quantitative estimate of drug-likeness (QED) is 0.0798. The van der Waals surface area contributed by atoms with Crippen LogP contribution in [0.25, 0.3) is 0 Å². The second-order valence-electron chi connectivity index (χ2n) is 9.90. The predicted molar refractivity (Wildman–Crippen MR) is 166 cm³/mol. The maximum atomic E-state index is 6.84. The third-order valence-electron chi connectivity index (χ3n) is 6.81. The number of unbranched alkanes of at least 4 members (excludes halogenated alkanes) is 3. The van der Waals surface area contributed by atoms with Gasteiger partial charge in [0.05, 0.1) is 0 Å². The average molecular weight is 614 g/mol. The van der Waals surface area contributed by atoms with Crippen molar-refractivity contribution in [3.8, 4) is 0 Å². The van der Waals surface area contributed by atoms with E-state index >= 15 is 0 Å². The van der Waals surface area contributed by atoms with Crippen molar-refractivity contribution in [1.29, 1.82) is 0 Å². The zero-order valence-electron chi connectivity index (χ0n) is 26.6. The van der Waals surface area contributed by atoms with Crippen molar-refractivity contribution in [2.24, 2.45) is 0 Å². The van der Waals surface area contributed by atoms with Crippen LogP contribution >= 0.6 is 0 Å². The molecule has 39 heavy (non-hydrogen) atoms. The van der Waals surface area contributed by atoms with Gasteiger partial charge in [-0.25, -0.2) is 0 Å². The van der Waals surface area contributed by atoms with Crippen LogP contribution in [0.3, 0.4) is 0 Å². The van der Waals surface area contributed by atoms with Crippen LogP contribution in [0.1, 0.15) is 78.6 Å². The van der Waals surface area contributed by atoms with Gasteiger partial charge < -0.3 is 46.3 Å². The van der Waals surface area contributed by atoms with E-state index in [0.29, 0.717) is 18.1 Å². The summed E-state index contributed by atoms with van der Waals surface area (Å²) in [4.78, 5) is 0. The van der Waals surface area contributed by atoms with E-state index in [0.717, 1.165) is 65.0 Å². The summed E-state index contributed by atoms with van der Waals surface area (Å²) in [5, 5.41) is 10.5. The second-order valence-corrected chi connectivity index (χ2v) is 19.2. The fourth-order valence-electron chi connectivity index (χ4n) is 4.20. The van der Waals surface area contributed by atoms with Crippen molar-refractivity contribution in [1.82, 2.24) is 16.0 Å². The monoisotopic (exact) mass is 613 g/mol. The number of rotatable bonds is 30. The molecular weight excluding hydrogens is 551 g/mol. The van der Waals surface area contributed by atoms with Crippen molar-refractivity contribution in [2.45, 2.75) is 96.7 Å². The number of nitrogens with one attached hydrogen (secondary N) is 3. The summed E-state index contributed by atoms with van der Waals surface area (Å²) < 4.78 is 43.9. The Bertz CT molecular complexity index is 515. The molecule has 0 aliphatic heterocycles. The first-order valence-electron chi connectivity index (χ1n) is 15.2. The number of hydrogen-bond acceptors (Lipinski definition) is 10. The molecule has 0 aliphatic rings. The van der Waals surface area contributed by atoms with Gasteiger partial charge in [-0.15, -0.1) is 0 Å². The summed E-state index contributed by atoms with van der Waals surface area (Å²) in [6.07, 6.45) is 9.62. The van der Waals surface area contributed by atoms with E-state index in [9.17, 15) is 0 Å². The highest BCUT2D eigenvalue weighted by atomic mass is 28.5. The molecule has 0 saturated heterocycles. The average Bonchev–Trinajstić information content (AvgIpc) is 2.97. The van der Waals surface area contributed by atoms with Crippen LogP contribution in [0.15, 0.2) is 0 Å². The van der Waals surface area contributed by atoms with Crippen LogP contribution in [0.2, 0.25) is 18.1 Å². The molecule has 0 unspecified atom stereocenters. The highest BCUT2D eigenvalue weighted by molar-refractivity contribution is 6.80. The molecule has 13 heteroatoms. The maximum absolute atomic E-state index is 6.84. The molecule has 10 nitrogen and oxygen atoms in total. The molecule has 0 amide bonds. The highest BCUT2D eigenvalue weighted by Crippen LogP contribution is 2.31. The third-order valence-corrected chi connectivity index (χ3v) is 17.8. The Kier molecular flexibility index (Phi) is 25.0. The molecule has 0 aromatic carbocycles. The lowest BCUT2D eigenvalue weighted by molar-refractivity contribution is 0.0695. The van der Waals surface area contributed by atoms with Gasteiger partial charge in [-0.05, 0) is 77.8 Å². The second kappa shape index (κ2) is 24.8. The standard InChI is InChI=1S/C26H63N3O7Si3/c1-9-12-18-27-21-15-24-37(30-4,31-5)35-39(34-8,26-17-23-29-20-14-11-3)36-38(32-6,33-7)25-16-22-28-19-13-10-2/h27-29H,9-26H2,1-8H3. The van der Waals surface area contributed by atoms with Crippen LogP contribution in [-0.4, -0.2) is 101 Å². The van der Waals surface area contributed by atoms with Gasteiger partial charge in [0.1, 0.15) is 0 Å². The lowest BCUT2D eigenvalue weighted by Gasteiger charge is -2.41. The van der Waals surface area contributed by atoms with E-state index in [1.165, 1.54) is 32.1 Å². The van der Waals surface area contributed by atoms with Crippen molar-refractivity contribution >= 4 is 26.4 Å².